The minimum absolute atomic E-state index is 0.334. The van der Waals surface area contributed by atoms with Crippen LogP contribution in [0, 0.1) is 0 Å². The van der Waals surface area contributed by atoms with E-state index in [-0.39, 0.29) is 0 Å². The summed E-state index contributed by atoms with van der Waals surface area (Å²) >= 11 is 11.9. The number of hydrogen-bond donors (Lipinski definition) is 0. The summed E-state index contributed by atoms with van der Waals surface area (Å²) in [5, 5.41) is 0.626. The number of pyridine rings is 2. The highest BCUT2D eigenvalue weighted by Gasteiger charge is 2.19. The van der Waals surface area contributed by atoms with Gasteiger partial charge >= 0.3 is 0 Å². The topological polar surface area (TPSA) is 32.3 Å². The van der Waals surface area contributed by atoms with Gasteiger partial charge in [-0.3, -0.25) is 0 Å². The lowest BCUT2D eigenvalue weighted by molar-refractivity contribution is 0.641. The molecule has 110 valence electrons. The van der Waals surface area contributed by atoms with Crippen LogP contribution < -0.4 is 9.80 Å². The van der Waals surface area contributed by atoms with E-state index >= 15 is 0 Å². The summed E-state index contributed by atoms with van der Waals surface area (Å²) in [6.07, 6.45) is 1.83. The van der Waals surface area contributed by atoms with E-state index in [2.05, 4.69) is 19.8 Å². The molecule has 4 nitrogen and oxygen atoms in total. The van der Waals surface area contributed by atoms with Gasteiger partial charge in [0.25, 0.3) is 0 Å². The molecule has 0 bridgehead atoms. The third kappa shape index (κ3) is 3.22. The first-order valence-corrected chi connectivity index (χ1v) is 7.81. The second kappa shape index (κ2) is 6.50. The average Bonchev–Trinajstić information content (AvgIpc) is 2.56. The van der Waals surface area contributed by atoms with Crippen molar-refractivity contribution < 1.29 is 0 Å². The molecule has 0 aromatic carbocycles. The third-order valence-corrected chi connectivity index (χ3v) is 4.20. The van der Waals surface area contributed by atoms with Crippen molar-refractivity contribution in [3.63, 3.8) is 0 Å². The Morgan fingerprint density at radius 1 is 0.952 bits per heavy atom. The van der Waals surface area contributed by atoms with Crippen molar-refractivity contribution in [3.05, 3.63) is 47.2 Å². The standard InChI is InChI=1S/C15H16Cl2N4/c16-11-13-12(17)4-5-15(19-13)21-9-7-20(8-10-21)14-3-1-2-6-18-14/h1-6H,7-11H2. The van der Waals surface area contributed by atoms with Crippen LogP contribution in [0.1, 0.15) is 5.69 Å². The van der Waals surface area contributed by atoms with Crippen LogP contribution in [0.25, 0.3) is 0 Å². The molecule has 0 unspecified atom stereocenters. The quantitative estimate of drug-likeness (QED) is 0.812. The van der Waals surface area contributed by atoms with Crippen molar-refractivity contribution in [2.45, 2.75) is 5.88 Å². The van der Waals surface area contributed by atoms with E-state index in [0.717, 1.165) is 43.5 Å². The monoisotopic (exact) mass is 322 g/mol. The minimum atomic E-state index is 0.334. The molecule has 2 aromatic rings. The van der Waals surface area contributed by atoms with Gasteiger partial charge in [0.15, 0.2) is 0 Å². The first-order chi connectivity index (χ1) is 10.3. The molecule has 3 rings (SSSR count). The van der Waals surface area contributed by atoms with Gasteiger partial charge in [-0.15, -0.1) is 11.6 Å². The number of halogens is 2. The third-order valence-electron chi connectivity index (χ3n) is 3.61. The van der Waals surface area contributed by atoms with Crippen LogP contribution in [-0.4, -0.2) is 36.1 Å². The molecular weight excluding hydrogens is 307 g/mol. The summed E-state index contributed by atoms with van der Waals surface area (Å²) in [7, 11) is 0. The van der Waals surface area contributed by atoms with Gasteiger partial charge in [0.1, 0.15) is 11.6 Å². The molecule has 3 heterocycles. The van der Waals surface area contributed by atoms with Gasteiger partial charge in [0.2, 0.25) is 0 Å². The highest BCUT2D eigenvalue weighted by Crippen LogP contribution is 2.22. The molecular formula is C15H16Cl2N4. The Hall–Kier alpha value is -1.52. The number of hydrogen-bond acceptors (Lipinski definition) is 4. The Kier molecular flexibility index (Phi) is 4.46. The Labute approximate surface area is 134 Å². The normalized spacial score (nSPS) is 15.3. The average molecular weight is 323 g/mol. The largest absolute Gasteiger partial charge is 0.353 e. The zero-order valence-corrected chi connectivity index (χ0v) is 13.1. The van der Waals surface area contributed by atoms with Gasteiger partial charge in [-0.2, -0.15) is 0 Å². The fourth-order valence-electron chi connectivity index (χ4n) is 2.45. The first kappa shape index (κ1) is 14.4. The van der Waals surface area contributed by atoms with E-state index < -0.39 is 0 Å². The maximum Gasteiger partial charge on any atom is 0.129 e. The molecule has 0 aliphatic carbocycles. The second-order valence-corrected chi connectivity index (χ2v) is 5.57. The number of anilines is 2. The Bertz CT molecular complexity index is 598. The maximum absolute atomic E-state index is 6.06. The van der Waals surface area contributed by atoms with Gasteiger partial charge < -0.3 is 9.80 Å². The van der Waals surface area contributed by atoms with E-state index in [1.165, 1.54) is 0 Å². The smallest absolute Gasteiger partial charge is 0.129 e. The van der Waals surface area contributed by atoms with Crippen molar-refractivity contribution in [2.75, 3.05) is 36.0 Å². The van der Waals surface area contributed by atoms with Crippen molar-refractivity contribution in [2.24, 2.45) is 0 Å². The molecule has 0 spiro atoms. The summed E-state index contributed by atoms with van der Waals surface area (Å²) in [6.45, 7) is 3.68. The van der Waals surface area contributed by atoms with Crippen LogP contribution in [0.3, 0.4) is 0 Å². The molecule has 1 aliphatic heterocycles. The molecule has 1 saturated heterocycles. The molecule has 0 atom stereocenters. The van der Waals surface area contributed by atoms with Crippen LogP contribution in [0.4, 0.5) is 11.6 Å². The van der Waals surface area contributed by atoms with Gasteiger partial charge in [0, 0.05) is 32.4 Å². The van der Waals surface area contributed by atoms with Gasteiger partial charge in [-0.05, 0) is 24.3 Å². The van der Waals surface area contributed by atoms with Crippen molar-refractivity contribution in [1.29, 1.82) is 0 Å². The lowest BCUT2D eigenvalue weighted by atomic mass is 10.3. The van der Waals surface area contributed by atoms with Crippen molar-refractivity contribution in [3.8, 4) is 0 Å². The number of rotatable bonds is 3. The lowest BCUT2D eigenvalue weighted by Crippen LogP contribution is -2.47. The highest BCUT2D eigenvalue weighted by molar-refractivity contribution is 6.32. The van der Waals surface area contributed by atoms with Crippen LogP contribution in [0.15, 0.2) is 36.5 Å². The molecule has 0 radical (unpaired) electrons. The van der Waals surface area contributed by atoms with Crippen molar-refractivity contribution in [1.82, 2.24) is 9.97 Å². The summed E-state index contributed by atoms with van der Waals surface area (Å²) in [5.41, 5.74) is 0.739. The molecule has 1 fully saturated rings. The van der Waals surface area contributed by atoms with Crippen LogP contribution in [-0.2, 0) is 5.88 Å². The fraction of sp³-hybridized carbons (Fsp3) is 0.333. The molecule has 6 heteroatoms. The zero-order chi connectivity index (χ0) is 14.7. The molecule has 21 heavy (non-hydrogen) atoms. The summed E-state index contributed by atoms with van der Waals surface area (Å²) < 4.78 is 0. The van der Waals surface area contributed by atoms with Gasteiger partial charge in [-0.25, -0.2) is 9.97 Å². The molecule has 0 N–H and O–H groups in total. The predicted molar refractivity (Wildman–Crippen MR) is 87.5 cm³/mol. The van der Waals surface area contributed by atoms with E-state index in [1.54, 1.807) is 0 Å². The minimum Gasteiger partial charge on any atom is -0.353 e. The van der Waals surface area contributed by atoms with E-state index in [9.17, 15) is 0 Å². The SMILES string of the molecule is ClCc1nc(N2CCN(c3ccccn3)CC2)ccc1Cl. The molecule has 2 aromatic heterocycles. The van der Waals surface area contributed by atoms with Crippen LogP contribution in [0.5, 0.6) is 0 Å². The van der Waals surface area contributed by atoms with E-state index in [1.807, 2.05) is 36.5 Å². The number of piperazine rings is 1. The molecule has 1 aliphatic rings. The Morgan fingerprint density at radius 3 is 2.29 bits per heavy atom. The van der Waals surface area contributed by atoms with E-state index in [4.69, 9.17) is 23.2 Å². The second-order valence-electron chi connectivity index (χ2n) is 4.89. The summed E-state index contributed by atoms with van der Waals surface area (Å²) in [5.74, 6) is 2.30. The highest BCUT2D eigenvalue weighted by atomic mass is 35.5. The lowest BCUT2D eigenvalue weighted by Gasteiger charge is -2.36. The number of aromatic nitrogens is 2. The Balaban J connectivity index is 1.68. The summed E-state index contributed by atoms with van der Waals surface area (Å²) in [6, 6.07) is 9.82. The fourth-order valence-corrected chi connectivity index (χ4v) is 2.89. The van der Waals surface area contributed by atoms with Gasteiger partial charge in [-0.1, -0.05) is 17.7 Å². The van der Waals surface area contributed by atoms with Crippen molar-refractivity contribution >= 4 is 34.8 Å². The molecule has 0 amide bonds. The molecule has 0 saturated carbocycles. The zero-order valence-electron chi connectivity index (χ0n) is 11.5. The number of alkyl halides is 1. The first-order valence-electron chi connectivity index (χ1n) is 6.90. The van der Waals surface area contributed by atoms with Crippen LogP contribution in [0.2, 0.25) is 5.02 Å². The maximum atomic E-state index is 6.06. The van der Waals surface area contributed by atoms with Gasteiger partial charge in [0.05, 0.1) is 16.6 Å². The summed E-state index contributed by atoms with van der Waals surface area (Å²) in [4.78, 5) is 13.5. The predicted octanol–water partition coefficient (Wildman–Crippen LogP) is 3.20. The number of nitrogens with zero attached hydrogens (tertiary/aromatic N) is 4. The Morgan fingerprint density at radius 2 is 1.67 bits per heavy atom. The van der Waals surface area contributed by atoms with E-state index in [0.29, 0.717) is 10.9 Å². The van der Waals surface area contributed by atoms with Crippen LogP contribution >= 0.6 is 23.2 Å².